The number of hydrogen-bond donors (Lipinski definition) is 0. The number of benzene rings is 8. The Morgan fingerprint density at radius 3 is 1.98 bits per heavy atom. The van der Waals surface area contributed by atoms with Crippen LogP contribution in [0.3, 0.4) is 0 Å². The van der Waals surface area contributed by atoms with Crippen LogP contribution in [0.15, 0.2) is 188 Å². The van der Waals surface area contributed by atoms with Crippen LogP contribution >= 0.6 is 0 Å². The Labute approximate surface area is 319 Å². The van der Waals surface area contributed by atoms with Gasteiger partial charge in [-0.2, -0.15) is 0 Å². The third kappa shape index (κ3) is 3.68. The molecule has 0 bridgehead atoms. The molecular formula is C52H31BN2. The van der Waals surface area contributed by atoms with Crippen LogP contribution in [0.25, 0.3) is 71.9 Å². The molecule has 2 aromatic heterocycles. The number of pyridine rings is 1. The molecule has 4 heterocycles. The van der Waals surface area contributed by atoms with Crippen molar-refractivity contribution in [2.75, 3.05) is 0 Å². The van der Waals surface area contributed by atoms with Crippen LogP contribution < -0.4 is 16.4 Å². The maximum absolute atomic E-state index is 5.18. The molecule has 252 valence electrons. The number of hydrogen-bond acceptors (Lipinski definition) is 1. The molecule has 3 aliphatic rings. The van der Waals surface area contributed by atoms with Crippen LogP contribution in [0.4, 0.5) is 0 Å². The molecule has 0 saturated carbocycles. The van der Waals surface area contributed by atoms with E-state index in [2.05, 4.69) is 193 Å². The van der Waals surface area contributed by atoms with Gasteiger partial charge in [0.15, 0.2) is 0 Å². The first-order valence-electron chi connectivity index (χ1n) is 19.3. The van der Waals surface area contributed by atoms with Gasteiger partial charge in [0.25, 0.3) is 0 Å². The Kier molecular flexibility index (Phi) is 5.68. The smallest absolute Gasteiger partial charge is 0.243 e. The van der Waals surface area contributed by atoms with E-state index in [0.29, 0.717) is 0 Å². The Hall–Kier alpha value is -6.97. The normalized spacial score (nSPS) is 15.7. The molecule has 0 amide bonds. The topological polar surface area (TPSA) is 17.8 Å². The summed E-state index contributed by atoms with van der Waals surface area (Å²) in [5.41, 5.74) is 21.3. The zero-order valence-corrected chi connectivity index (χ0v) is 29.9. The van der Waals surface area contributed by atoms with Gasteiger partial charge < -0.3 is 4.57 Å². The monoisotopic (exact) mass is 694 g/mol. The average molecular weight is 695 g/mol. The van der Waals surface area contributed by atoms with Crippen molar-refractivity contribution in [2.45, 2.75) is 5.41 Å². The summed E-state index contributed by atoms with van der Waals surface area (Å²) in [5.74, 6) is 0. The van der Waals surface area contributed by atoms with Gasteiger partial charge in [-0.05, 0) is 86.5 Å². The van der Waals surface area contributed by atoms with Gasteiger partial charge in [-0.3, -0.25) is 0 Å². The van der Waals surface area contributed by atoms with E-state index in [1.165, 1.54) is 88.4 Å². The maximum Gasteiger partial charge on any atom is 0.243 e. The minimum Gasteiger partial charge on any atom is -0.309 e. The lowest BCUT2D eigenvalue weighted by Gasteiger charge is -2.42. The molecular weight excluding hydrogens is 663 g/mol. The van der Waals surface area contributed by atoms with Crippen LogP contribution in [0, 0.1) is 0 Å². The van der Waals surface area contributed by atoms with Gasteiger partial charge in [0, 0.05) is 21.8 Å². The summed E-state index contributed by atoms with van der Waals surface area (Å²) in [6.07, 6.45) is 0. The van der Waals surface area contributed by atoms with Gasteiger partial charge in [0.2, 0.25) is 6.71 Å². The lowest BCUT2D eigenvalue weighted by atomic mass is 9.32. The van der Waals surface area contributed by atoms with E-state index < -0.39 is 5.41 Å². The summed E-state index contributed by atoms with van der Waals surface area (Å²) >= 11 is 0. The molecule has 2 aliphatic heterocycles. The second-order valence-electron chi connectivity index (χ2n) is 15.4. The molecule has 0 N–H and O–H groups in total. The van der Waals surface area contributed by atoms with Crippen molar-refractivity contribution in [3.8, 4) is 39.2 Å². The first kappa shape index (κ1) is 29.5. The zero-order chi connectivity index (χ0) is 35.8. The fourth-order valence-corrected chi connectivity index (χ4v) is 10.8. The summed E-state index contributed by atoms with van der Waals surface area (Å²) < 4.78 is 2.45. The maximum atomic E-state index is 5.18. The Balaban J connectivity index is 1.12. The van der Waals surface area contributed by atoms with Crippen molar-refractivity contribution in [3.05, 3.63) is 210 Å². The van der Waals surface area contributed by atoms with Gasteiger partial charge in [-0.25, -0.2) is 4.98 Å². The quantitative estimate of drug-likeness (QED) is 0.165. The highest BCUT2D eigenvalue weighted by molar-refractivity contribution is 7.00. The Morgan fingerprint density at radius 1 is 0.436 bits per heavy atom. The molecule has 0 saturated heterocycles. The first-order valence-corrected chi connectivity index (χ1v) is 19.3. The summed E-state index contributed by atoms with van der Waals surface area (Å²) in [7, 11) is 0. The van der Waals surface area contributed by atoms with Crippen molar-refractivity contribution in [1.29, 1.82) is 0 Å². The predicted octanol–water partition coefficient (Wildman–Crippen LogP) is 10.2. The lowest BCUT2D eigenvalue weighted by Crippen LogP contribution is -2.59. The highest BCUT2D eigenvalue weighted by Crippen LogP contribution is 2.58. The first-order chi connectivity index (χ1) is 27.3. The zero-order valence-electron chi connectivity index (χ0n) is 29.9. The highest BCUT2D eigenvalue weighted by Gasteiger charge is 2.54. The molecule has 0 radical (unpaired) electrons. The minimum atomic E-state index is -0.486. The molecule has 13 rings (SSSR count). The number of nitrogens with zero attached hydrogens (tertiary/aromatic N) is 2. The van der Waals surface area contributed by atoms with Crippen LogP contribution in [0.1, 0.15) is 22.3 Å². The van der Waals surface area contributed by atoms with Gasteiger partial charge in [-0.1, -0.05) is 168 Å². The van der Waals surface area contributed by atoms with Crippen LogP contribution in [0.5, 0.6) is 0 Å². The second kappa shape index (κ2) is 10.6. The molecule has 10 aromatic rings. The second-order valence-corrected chi connectivity index (χ2v) is 15.4. The molecule has 55 heavy (non-hydrogen) atoms. The van der Waals surface area contributed by atoms with Gasteiger partial charge in [0.1, 0.15) is 0 Å². The van der Waals surface area contributed by atoms with Crippen molar-refractivity contribution < 1.29 is 0 Å². The molecule has 3 heteroatoms. The lowest BCUT2D eigenvalue weighted by molar-refractivity contribution is 0.775. The molecule has 8 aromatic carbocycles. The van der Waals surface area contributed by atoms with E-state index in [4.69, 9.17) is 4.98 Å². The van der Waals surface area contributed by atoms with E-state index in [-0.39, 0.29) is 6.71 Å². The molecule has 1 atom stereocenters. The minimum absolute atomic E-state index is 0.136. The molecule has 1 spiro atoms. The van der Waals surface area contributed by atoms with Gasteiger partial charge in [-0.15, -0.1) is 0 Å². The van der Waals surface area contributed by atoms with E-state index in [0.717, 1.165) is 22.2 Å². The Morgan fingerprint density at radius 2 is 1.11 bits per heavy atom. The number of rotatable bonds is 2. The summed E-state index contributed by atoms with van der Waals surface area (Å²) in [6, 6.07) is 70.2. The third-order valence-corrected chi connectivity index (χ3v) is 12.9. The summed E-state index contributed by atoms with van der Waals surface area (Å²) in [4.78, 5) is 5.18. The number of fused-ring (bicyclic) bond motifs is 16. The largest absolute Gasteiger partial charge is 0.309 e. The predicted molar refractivity (Wildman–Crippen MR) is 229 cm³/mol. The van der Waals surface area contributed by atoms with Gasteiger partial charge in [0.05, 0.1) is 27.7 Å². The molecule has 0 fully saturated rings. The van der Waals surface area contributed by atoms with E-state index in [9.17, 15) is 0 Å². The number of aromatic nitrogens is 2. The van der Waals surface area contributed by atoms with Crippen molar-refractivity contribution >= 4 is 55.8 Å². The van der Waals surface area contributed by atoms with Crippen molar-refractivity contribution in [1.82, 2.24) is 9.55 Å². The van der Waals surface area contributed by atoms with Gasteiger partial charge >= 0.3 is 0 Å². The van der Waals surface area contributed by atoms with Crippen LogP contribution in [0.2, 0.25) is 0 Å². The fourth-order valence-electron chi connectivity index (χ4n) is 10.8. The Bertz CT molecular complexity index is 3250. The fraction of sp³-hybridized carbons (Fsp3) is 0.0192. The molecule has 1 aliphatic carbocycles. The summed E-state index contributed by atoms with van der Waals surface area (Å²) in [5, 5.41) is 3.71. The van der Waals surface area contributed by atoms with Crippen molar-refractivity contribution in [2.24, 2.45) is 0 Å². The molecule has 2 nitrogen and oxygen atoms in total. The average Bonchev–Trinajstić information content (AvgIpc) is 3.87. The van der Waals surface area contributed by atoms with Crippen LogP contribution in [-0.2, 0) is 5.41 Å². The van der Waals surface area contributed by atoms with Crippen LogP contribution in [-0.4, -0.2) is 16.3 Å². The van der Waals surface area contributed by atoms with E-state index in [1.54, 1.807) is 0 Å². The SMILES string of the molecule is c1ccc2c(c1)B1c3cc(-c4ccc5ccccc5n4)ccc3C3(c4ccccc4-c4cc(-n5c6ccccc6c6ccccc65)ccc43)c3cccc-2c31. The number of para-hydroxylation sites is 3. The summed E-state index contributed by atoms with van der Waals surface area (Å²) in [6.45, 7) is 0.136. The van der Waals surface area contributed by atoms with E-state index in [1.807, 2.05) is 0 Å². The van der Waals surface area contributed by atoms with E-state index >= 15 is 0 Å². The molecule has 1 unspecified atom stereocenters. The standard InChI is InChI=1S/C52H31BN2/c1-8-21-47-32(12-1)25-29-48(54-47)33-24-27-43-46(30-33)53-45-20-7-3-14-36(45)39-17-11-19-44(51(39)53)52(43)41-18-6-2-13-35(41)40-31-34(26-28-42(40)52)55-49-22-9-4-15-37(49)38-16-5-10-23-50(38)55/h1-31H. The third-order valence-electron chi connectivity index (χ3n) is 12.9. The highest BCUT2D eigenvalue weighted by atomic mass is 15.0. The van der Waals surface area contributed by atoms with Crippen molar-refractivity contribution in [3.63, 3.8) is 0 Å².